The third-order valence-electron chi connectivity index (χ3n) is 7.34. The van der Waals surface area contributed by atoms with Crippen LogP contribution in [0.2, 0.25) is 0 Å². The zero-order valence-electron chi connectivity index (χ0n) is 22.0. The first-order valence-corrected chi connectivity index (χ1v) is 13.3. The minimum atomic E-state index is -0.602. The van der Waals surface area contributed by atoms with Crippen molar-refractivity contribution in [3.05, 3.63) is 101 Å². The Morgan fingerprint density at radius 2 is 1.57 bits per heavy atom. The molecule has 1 saturated carbocycles. The van der Waals surface area contributed by atoms with Crippen molar-refractivity contribution in [1.82, 2.24) is 10.2 Å². The van der Waals surface area contributed by atoms with Gasteiger partial charge in [-0.2, -0.15) is 0 Å². The number of benzene rings is 3. The maximum atomic E-state index is 13.9. The molecule has 0 spiro atoms. The number of hydrogen-bond donors (Lipinski definition) is 1. The van der Waals surface area contributed by atoms with Crippen LogP contribution < -0.4 is 10.1 Å². The lowest BCUT2D eigenvalue weighted by atomic mass is 9.94. The molecule has 3 aromatic rings. The lowest BCUT2D eigenvalue weighted by Crippen LogP contribution is -2.53. The van der Waals surface area contributed by atoms with Gasteiger partial charge < -0.3 is 15.0 Å². The van der Waals surface area contributed by atoms with Gasteiger partial charge in [0.25, 0.3) is 0 Å². The Hall–Kier alpha value is -3.60. The Labute approximate surface area is 220 Å². The van der Waals surface area contributed by atoms with Gasteiger partial charge >= 0.3 is 0 Å². The molecule has 1 fully saturated rings. The fourth-order valence-electron chi connectivity index (χ4n) is 5.09. The van der Waals surface area contributed by atoms with E-state index in [0.717, 1.165) is 53.7 Å². The number of amides is 2. The van der Waals surface area contributed by atoms with Gasteiger partial charge in [0, 0.05) is 19.0 Å². The first-order valence-electron chi connectivity index (χ1n) is 13.3. The molecule has 5 heteroatoms. The SMILES string of the molecule is COc1ccc(CC(=O)N(Cc2ccccc2C)[C@@H](Cc2ccccc2)C(=O)NC2CCCCC2)cc1. The summed E-state index contributed by atoms with van der Waals surface area (Å²) in [6.07, 6.45) is 6.19. The van der Waals surface area contributed by atoms with Gasteiger partial charge in [0.2, 0.25) is 11.8 Å². The molecule has 5 nitrogen and oxygen atoms in total. The van der Waals surface area contributed by atoms with Crippen molar-refractivity contribution in [2.45, 2.75) is 70.5 Å². The van der Waals surface area contributed by atoms with E-state index in [1.807, 2.05) is 72.8 Å². The number of rotatable bonds is 10. The highest BCUT2D eigenvalue weighted by Gasteiger charge is 2.32. The van der Waals surface area contributed by atoms with E-state index < -0.39 is 6.04 Å². The van der Waals surface area contributed by atoms with Gasteiger partial charge in [-0.25, -0.2) is 0 Å². The van der Waals surface area contributed by atoms with Crippen molar-refractivity contribution in [2.24, 2.45) is 0 Å². The van der Waals surface area contributed by atoms with E-state index in [0.29, 0.717) is 13.0 Å². The van der Waals surface area contributed by atoms with Crippen LogP contribution in [-0.2, 0) is 29.0 Å². The number of aryl methyl sites for hydroxylation is 1. The minimum Gasteiger partial charge on any atom is -0.497 e. The molecule has 37 heavy (non-hydrogen) atoms. The van der Waals surface area contributed by atoms with Crippen LogP contribution >= 0.6 is 0 Å². The second kappa shape index (κ2) is 13.1. The number of methoxy groups -OCH3 is 1. The van der Waals surface area contributed by atoms with Crippen molar-refractivity contribution in [2.75, 3.05) is 7.11 Å². The summed E-state index contributed by atoms with van der Waals surface area (Å²) in [5.41, 5.74) is 4.09. The molecule has 0 saturated heterocycles. The largest absolute Gasteiger partial charge is 0.497 e. The number of hydrogen-bond acceptors (Lipinski definition) is 3. The third kappa shape index (κ3) is 7.45. The van der Waals surface area contributed by atoms with Crippen molar-refractivity contribution in [3.63, 3.8) is 0 Å². The Bertz CT molecular complexity index is 1150. The minimum absolute atomic E-state index is 0.0619. The van der Waals surface area contributed by atoms with Crippen LogP contribution in [0.25, 0.3) is 0 Å². The second-order valence-corrected chi connectivity index (χ2v) is 10.0. The lowest BCUT2D eigenvalue weighted by Gasteiger charge is -2.34. The zero-order chi connectivity index (χ0) is 26.0. The summed E-state index contributed by atoms with van der Waals surface area (Å²) in [5, 5.41) is 3.30. The van der Waals surface area contributed by atoms with Crippen LogP contribution in [0, 0.1) is 6.92 Å². The van der Waals surface area contributed by atoms with E-state index in [1.165, 1.54) is 6.42 Å². The molecule has 1 N–H and O–H groups in total. The molecule has 0 aromatic heterocycles. The normalized spacial score (nSPS) is 14.5. The third-order valence-corrected chi connectivity index (χ3v) is 7.34. The molecular weight excluding hydrogens is 460 g/mol. The van der Waals surface area contributed by atoms with E-state index >= 15 is 0 Å². The Kier molecular flexibility index (Phi) is 9.36. The number of carbonyl (C=O) groups is 2. The molecule has 4 rings (SSSR count). The molecule has 0 heterocycles. The average molecular weight is 499 g/mol. The second-order valence-electron chi connectivity index (χ2n) is 10.0. The highest BCUT2D eigenvalue weighted by atomic mass is 16.5. The van der Waals surface area contributed by atoms with E-state index in [4.69, 9.17) is 4.74 Å². The average Bonchev–Trinajstić information content (AvgIpc) is 2.93. The van der Waals surface area contributed by atoms with Crippen LogP contribution in [-0.4, -0.2) is 35.9 Å². The molecule has 0 bridgehead atoms. The van der Waals surface area contributed by atoms with E-state index in [2.05, 4.69) is 18.3 Å². The predicted octanol–water partition coefficient (Wildman–Crippen LogP) is 5.64. The lowest BCUT2D eigenvalue weighted by molar-refractivity contribution is -0.141. The zero-order valence-corrected chi connectivity index (χ0v) is 22.0. The summed E-state index contributed by atoms with van der Waals surface area (Å²) in [6.45, 7) is 2.44. The highest BCUT2D eigenvalue weighted by Crippen LogP contribution is 2.21. The van der Waals surface area contributed by atoms with Crippen LogP contribution in [0.15, 0.2) is 78.9 Å². The summed E-state index contributed by atoms with van der Waals surface area (Å²) < 4.78 is 5.27. The van der Waals surface area contributed by atoms with E-state index in [9.17, 15) is 9.59 Å². The monoisotopic (exact) mass is 498 g/mol. The van der Waals surface area contributed by atoms with Crippen molar-refractivity contribution in [1.29, 1.82) is 0 Å². The fraction of sp³-hybridized carbons (Fsp3) is 0.375. The van der Waals surface area contributed by atoms with Gasteiger partial charge in [-0.3, -0.25) is 9.59 Å². The van der Waals surface area contributed by atoms with Crippen molar-refractivity contribution >= 4 is 11.8 Å². The summed E-state index contributed by atoms with van der Waals surface area (Å²) in [4.78, 5) is 29.6. The van der Waals surface area contributed by atoms with E-state index in [-0.39, 0.29) is 24.3 Å². The Morgan fingerprint density at radius 3 is 2.24 bits per heavy atom. The van der Waals surface area contributed by atoms with Gasteiger partial charge in [0.15, 0.2) is 0 Å². The number of nitrogens with one attached hydrogen (secondary N) is 1. The molecule has 1 aliphatic carbocycles. The predicted molar refractivity (Wildman–Crippen MR) is 147 cm³/mol. The molecule has 0 unspecified atom stereocenters. The van der Waals surface area contributed by atoms with Crippen molar-refractivity contribution < 1.29 is 14.3 Å². The molecule has 1 aliphatic rings. The number of ether oxygens (including phenoxy) is 1. The standard InChI is InChI=1S/C32H38N2O3/c1-24-11-9-10-14-27(24)23-34(31(35)22-26-17-19-29(37-2)20-18-26)30(21-25-12-5-3-6-13-25)32(36)33-28-15-7-4-8-16-28/h3,5-6,9-14,17-20,28,30H,4,7-8,15-16,21-23H2,1-2H3,(H,33,36)/t30-/m0/s1. The van der Waals surface area contributed by atoms with Crippen LogP contribution in [0.3, 0.4) is 0 Å². The highest BCUT2D eigenvalue weighted by molar-refractivity contribution is 5.89. The Balaban J connectivity index is 1.65. The smallest absolute Gasteiger partial charge is 0.243 e. The molecule has 3 aromatic carbocycles. The topological polar surface area (TPSA) is 58.6 Å². The molecule has 0 radical (unpaired) electrons. The van der Waals surface area contributed by atoms with Gasteiger partial charge in [0.05, 0.1) is 13.5 Å². The molecule has 194 valence electrons. The summed E-state index contributed by atoms with van der Waals surface area (Å²) >= 11 is 0. The van der Waals surface area contributed by atoms with Gasteiger partial charge in [-0.1, -0.05) is 86.0 Å². The van der Waals surface area contributed by atoms with Crippen LogP contribution in [0.4, 0.5) is 0 Å². The maximum absolute atomic E-state index is 13.9. The van der Waals surface area contributed by atoms with E-state index in [1.54, 1.807) is 12.0 Å². The fourth-order valence-corrected chi connectivity index (χ4v) is 5.09. The van der Waals surface area contributed by atoms with Gasteiger partial charge in [-0.15, -0.1) is 0 Å². The first kappa shape index (κ1) is 26.5. The van der Waals surface area contributed by atoms with Crippen LogP contribution in [0.1, 0.15) is 54.4 Å². The quantitative estimate of drug-likeness (QED) is 0.394. The molecular formula is C32H38N2O3. The molecule has 1 atom stereocenters. The summed E-state index contributed by atoms with van der Waals surface area (Å²) in [5.74, 6) is 0.627. The number of carbonyl (C=O) groups excluding carboxylic acids is 2. The van der Waals surface area contributed by atoms with Crippen molar-refractivity contribution in [3.8, 4) is 5.75 Å². The van der Waals surface area contributed by atoms with Gasteiger partial charge in [-0.05, 0) is 54.2 Å². The summed E-state index contributed by atoms with van der Waals surface area (Å²) in [7, 11) is 1.63. The van der Waals surface area contributed by atoms with Gasteiger partial charge in [0.1, 0.15) is 11.8 Å². The summed E-state index contributed by atoms with van der Waals surface area (Å²) in [6, 6.07) is 25.2. The first-order chi connectivity index (χ1) is 18.0. The molecule has 2 amide bonds. The Morgan fingerprint density at radius 1 is 0.892 bits per heavy atom. The molecule has 0 aliphatic heterocycles. The maximum Gasteiger partial charge on any atom is 0.243 e. The van der Waals surface area contributed by atoms with Crippen LogP contribution in [0.5, 0.6) is 5.75 Å². The number of nitrogens with zero attached hydrogens (tertiary/aromatic N) is 1.